The number of carboxylic acid groups (broad SMARTS) is 1. The van der Waals surface area contributed by atoms with E-state index < -0.39 is 5.97 Å². The summed E-state index contributed by atoms with van der Waals surface area (Å²) >= 11 is 0. The number of pyridine rings is 1. The van der Waals surface area contributed by atoms with Gasteiger partial charge in [-0.25, -0.2) is 9.78 Å². The monoisotopic (exact) mass is 206 g/mol. The zero-order valence-corrected chi connectivity index (χ0v) is 8.68. The van der Waals surface area contributed by atoms with E-state index in [-0.39, 0.29) is 5.69 Å². The van der Waals surface area contributed by atoms with Crippen LogP contribution in [0.2, 0.25) is 0 Å². The van der Waals surface area contributed by atoms with E-state index >= 15 is 0 Å². The fraction of sp³-hybridized carbons (Fsp3) is 0.455. The molecule has 0 radical (unpaired) electrons. The van der Waals surface area contributed by atoms with Crippen molar-refractivity contribution in [2.45, 2.75) is 13.3 Å². The van der Waals surface area contributed by atoms with E-state index in [4.69, 9.17) is 5.11 Å². The van der Waals surface area contributed by atoms with Gasteiger partial charge < -0.3 is 10.0 Å². The van der Waals surface area contributed by atoms with Crippen molar-refractivity contribution < 1.29 is 9.90 Å². The first-order valence-corrected chi connectivity index (χ1v) is 5.12. The number of carbonyl (C=O) groups is 1. The smallest absolute Gasteiger partial charge is 0.354 e. The first-order valence-electron chi connectivity index (χ1n) is 5.12. The first-order chi connectivity index (χ1) is 7.16. The van der Waals surface area contributed by atoms with Gasteiger partial charge in [0.1, 0.15) is 5.82 Å². The third-order valence-corrected chi connectivity index (χ3v) is 2.70. The van der Waals surface area contributed by atoms with E-state index in [9.17, 15) is 4.79 Å². The molecule has 1 fully saturated rings. The van der Waals surface area contributed by atoms with Crippen LogP contribution in [0.3, 0.4) is 0 Å². The van der Waals surface area contributed by atoms with Gasteiger partial charge in [0.25, 0.3) is 0 Å². The molecule has 80 valence electrons. The molecule has 1 aromatic heterocycles. The molecule has 2 rings (SSSR count). The normalized spacial score (nSPS) is 20.6. The summed E-state index contributed by atoms with van der Waals surface area (Å²) in [6.07, 6.45) is 1.15. The average Bonchev–Trinajstić information content (AvgIpc) is 2.65. The fourth-order valence-corrected chi connectivity index (χ4v) is 1.86. The number of aromatic nitrogens is 1. The van der Waals surface area contributed by atoms with E-state index in [2.05, 4.69) is 16.8 Å². The molecule has 0 saturated carbocycles. The Bertz CT molecular complexity index is 379. The number of hydrogen-bond acceptors (Lipinski definition) is 3. The molecule has 0 bridgehead atoms. The van der Waals surface area contributed by atoms with Crippen LogP contribution < -0.4 is 4.90 Å². The molecule has 4 nitrogen and oxygen atoms in total. The van der Waals surface area contributed by atoms with Crippen LogP contribution in [0, 0.1) is 5.92 Å². The summed E-state index contributed by atoms with van der Waals surface area (Å²) in [5.41, 5.74) is 0.118. The summed E-state index contributed by atoms with van der Waals surface area (Å²) in [6, 6.07) is 5.13. The van der Waals surface area contributed by atoms with Gasteiger partial charge in [-0.15, -0.1) is 0 Å². The quantitative estimate of drug-likeness (QED) is 0.799. The van der Waals surface area contributed by atoms with Gasteiger partial charge in [-0.1, -0.05) is 13.0 Å². The van der Waals surface area contributed by atoms with Gasteiger partial charge in [0.2, 0.25) is 0 Å². The summed E-state index contributed by atoms with van der Waals surface area (Å²) < 4.78 is 0. The molecule has 1 atom stereocenters. The van der Waals surface area contributed by atoms with E-state index in [0.29, 0.717) is 5.92 Å². The lowest BCUT2D eigenvalue weighted by Gasteiger charge is -2.16. The summed E-state index contributed by atoms with van der Waals surface area (Å²) in [6.45, 7) is 4.13. The molecule has 1 N–H and O–H groups in total. The van der Waals surface area contributed by atoms with Gasteiger partial charge in [0.15, 0.2) is 5.69 Å². The lowest BCUT2D eigenvalue weighted by Crippen LogP contribution is -2.21. The summed E-state index contributed by atoms with van der Waals surface area (Å²) in [5.74, 6) is 0.476. The zero-order chi connectivity index (χ0) is 10.8. The molecule has 1 aliphatic rings. The van der Waals surface area contributed by atoms with Gasteiger partial charge in [-0.2, -0.15) is 0 Å². The van der Waals surface area contributed by atoms with Crippen molar-refractivity contribution >= 4 is 11.8 Å². The molecule has 2 heterocycles. The van der Waals surface area contributed by atoms with Crippen LogP contribution >= 0.6 is 0 Å². The molecule has 1 saturated heterocycles. The molecule has 1 aromatic rings. The maximum Gasteiger partial charge on any atom is 0.354 e. The number of nitrogens with zero attached hydrogens (tertiary/aromatic N) is 2. The van der Waals surface area contributed by atoms with Crippen LogP contribution in [-0.2, 0) is 0 Å². The van der Waals surface area contributed by atoms with Crippen LogP contribution in [0.1, 0.15) is 23.8 Å². The number of rotatable bonds is 2. The maximum absolute atomic E-state index is 10.8. The standard InChI is InChI=1S/C11H14N2O2/c1-8-5-6-13(7-8)10-4-2-3-9(12-10)11(14)15/h2-4,8H,5-7H2,1H3,(H,14,15). The van der Waals surface area contributed by atoms with Gasteiger partial charge >= 0.3 is 5.97 Å². The van der Waals surface area contributed by atoms with Crippen molar-refractivity contribution in [2.75, 3.05) is 18.0 Å². The number of anilines is 1. The van der Waals surface area contributed by atoms with Crippen molar-refractivity contribution in [3.8, 4) is 0 Å². The minimum Gasteiger partial charge on any atom is -0.477 e. The second-order valence-electron chi connectivity index (χ2n) is 4.03. The van der Waals surface area contributed by atoms with E-state index in [0.717, 1.165) is 25.3 Å². The highest BCUT2D eigenvalue weighted by Gasteiger charge is 2.20. The van der Waals surface area contributed by atoms with Gasteiger partial charge in [0.05, 0.1) is 0 Å². The molecule has 15 heavy (non-hydrogen) atoms. The van der Waals surface area contributed by atoms with Crippen LogP contribution in [0.5, 0.6) is 0 Å². The lowest BCUT2D eigenvalue weighted by molar-refractivity contribution is 0.0690. The Kier molecular flexibility index (Phi) is 2.58. The van der Waals surface area contributed by atoms with Crippen molar-refractivity contribution in [1.82, 2.24) is 4.98 Å². The SMILES string of the molecule is CC1CCN(c2cccc(C(=O)O)n2)C1. The molecule has 4 heteroatoms. The van der Waals surface area contributed by atoms with Crippen molar-refractivity contribution in [3.05, 3.63) is 23.9 Å². The third-order valence-electron chi connectivity index (χ3n) is 2.70. The molecule has 1 aliphatic heterocycles. The largest absolute Gasteiger partial charge is 0.477 e. The van der Waals surface area contributed by atoms with Crippen molar-refractivity contribution in [3.63, 3.8) is 0 Å². The van der Waals surface area contributed by atoms with Gasteiger partial charge in [-0.05, 0) is 24.5 Å². The van der Waals surface area contributed by atoms with E-state index in [1.807, 2.05) is 6.07 Å². The average molecular weight is 206 g/mol. The number of carboxylic acids is 1. The van der Waals surface area contributed by atoms with Crippen molar-refractivity contribution in [2.24, 2.45) is 5.92 Å². The van der Waals surface area contributed by atoms with Crippen LogP contribution in [0.25, 0.3) is 0 Å². The summed E-state index contributed by atoms with van der Waals surface area (Å²) in [7, 11) is 0. The van der Waals surface area contributed by atoms with Gasteiger partial charge in [-0.3, -0.25) is 0 Å². The van der Waals surface area contributed by atoms with Gasteiger partial charge in [0, 0.05) is 13.1 Å². The Balaban J connectivity index is 2.21. The second kappa shape index (κ2) is 3.88. The highest BCUT2D eigenvalue weighted by molar-refractivity contribution is 5.85. The predicted octanol–water partition coefficient (Wildman–Crippen LogP) is 1.63. The molecule has 1 unspecified atom stereocenters. The Morgan fingerprint density at radius 1 is 1.60 bits per heavy atom. The van der Waals surface area contributed by atoms with Crippen molar-refractivity contribution in [1.29, 1.82) is 0 Å². The Labute approximate surface area is 88.6 Å². The Hall–Kier alpha value is -1.58. The number of aromatic carboxylic acids is 1. The molecule has 0 aromatic carbocycles. The predicted molar refractivity (Wildman–Crippen MR) is 57.2 cm³/mol. The first kappa shape index (κ1) is 9.96. The van der Waals surface area contributed by atoms with Crippen LogP contribution in [0.15, 0.2) is 18.2 Å². The van der Waals surface area contributed by atoms with E-state index in [1.54, 1.807) is 6.07 Å². The minimum atomic E-state index is -0.968. The fourth-order valence-electron chi connectivity index (χ4n) is 1.86. The third kappa shape index (κ3) is 2.09. The topological polar surface area (TPSA) is 53.4 Å². The van der Waals surface area contributed by atoms with Crippen LogP contribution in [-0.4, -0.2) is 29.1 Å². The summed E-state index contributed by atoms with van der Waals surface area (Å²) in [4.78, 5) is 17.0. The highest BCUT2D eigenvalue weighted by Crippen LogP contribution is 2.21. The minimum absolute atomic E-state index is 0.118. The lowest BCUT2D eigenvalue weighted by atomic mass is 10.2. The molecule has 0 spiro atoms. The molecule has 0 amide bonds. The zero-order valence-electron chi connectivity index (χ0n) is 8.68. The molecular formula is C11H14N2O2. The second-order valence-corrected chi connectivity index (χ2v) is 4.03. The highest BCUT2D eigenvalue weighted by atomic mass is 16.4. The summed E-state index contributed by atoms with van der Waals surface area (Å²) in [5, 5.41) is 8.82. The Morgan fingerprint density at radius 3 is 3.00 bits per heavy atom. The van der Waals surface area contributed by atoms with Crippen LogP contribution in [0.4, 0.5) is 5.82 Å². The maximum atomic E-state index is 10.8. The molecule has 0 aliphatic carbocycles. The number of hydrogen-bond donors (Lipinski definition) is 1. The molecular weight excluding hydrogens is 192 g/mol. The van der Waals surface area contributed by atoms with E-state index in [1.165, 1.54) is 6.07 Å². The Morgan fingerprint density at radius 2 is 2.40 bits per heavy atom.